The second-order valence-electron chi connectivity index (χ2n) is 8.65. The molecule has 152 valence electrons. The van der Waals surface area contributed by atoms with Crippen molar-refractivity contribution in [3.8, 4) is 0 Å². The molecule has 1 N–H and O–H groups in total. The van der Waals surface area contributed by atoms with Crippen LogP contribution in [0.1, 0.15) is 36.5 Å². The molecule has 2 aliphatic rings. The van der Waals surface area contributed by atoms with Gasteiger partial charge in [-0.3, -0.25) is 4.79 Å². The van der Waals surface area contributed by atoms with Crippen molar-refractivity contribution in [2.45, 2.75) is 26.7 Å². The van der Waals surface area contributed by atoms with E-state index in [1.807, 2.05) is 4.90 Å². The van der Waals surface area contributed by atoms with Gasteiger partial charge in [-0.1, -0.05) is 19.0 Å². The number of aliphatic hydroxyl groups is 1. The molecule has 2 saturated heterocycles. The second kappa shape index (κ2) is 9.17. The third-order valence-corrected chi connectivity index (χ3v) is 5.79. The Labute approximate surface area is 162 Å². The molecule has 0 aliphatic carbocycles. The first kappa shape index (κ1) is 20.3. The Kier molecular flexibility index (Phi) is 6.89. The van der Waals surface area contributed by atoms with Gasteiger partial charge in [-0.15, -0.1) is 0 Å². The van der Waals surface area contributed by atoms with Crippen LogP contribution in [0.4, 0.5) is 0 Å². The zero-order valence-corrected chi connectivity index (χ0v) is 16.9. The third-order valence-electron chi connectivity index (χ3n) is 5.79. The van der Waals surface area contributed by atoms with Gasteiger partial charge >= 0.3 is 0 Å². The van der Waals surface area contributed by atoms with Crippen LogP contribution in [0.15, 0.2) is 10.6 Å². The number of aromatic nitrogens is 1. The van der Waals surface area contributed by atoms with Crippen LogP contribution in [-0.2, 0) is 6.42 Å². The number of carbonyl (C=O) groups excluding carboxylic acids is 1. The van der Waals surface area contributed by atoms with Gasteiger partial charge in [0.25, 0.3) is 5.91 Å². The highest BCUT2D eigenvalue weighted by molar-refractivity contribution is 5.91. The molecule has 2 aliphatic heterocycles. The number of likely N-dealkylation sites (tertiary alicyclic amines) is 1. The molecule has 2 fully saturated rings. The molecule has 1 aromatic heterocycles. The average Bonchev–Trinajstić information content (AvgIpc) is 3.19. The first-order chi connectivity index (χ1) is 13.0. The van der Waals surface area contributed by atoms with Gasteiger partial charge in [-0.25, -0.2) is 0 Å². The summed E-state index contributed by atoms with van der Waals surface area (Å²) in [6.07, 6.45) is 1.98. The van der Waals surface area contributed by atoms with Crippen molar-refractivity contribution >= 4 is 5.91 Å². The highest BCUT2D eigenvalue weighted by Gasteiger charge is 2.37. The topological polar surface area (TPSA) is 73.1 Å². The lowest BCUT2D eigenvalue weighted by atomic mass is 9.96. The Morgan fingerprint density at radius 1 is 1.26 bits per heavy atom. The van der Waals surface area contributed by atoms with Crippen LogP contribution in [-0.4, -0.2) is 90.3 Å². The Balaban J connectivity index is 1.59. The fraction of sp³-hybridized carbons (Fsp3) is 0.800. The Bertz CT molecular complexity index is 618. The number of aliphatic hydroxyl groups excluding tert-OH is 1. The smallest absolute Gasteiger partial charge is 0.292 e. The Hall–Kier alpha value is -1.44. The Morgan fingerprint density at radius 2 is 2.04 bits per heavy atom. The van der Waals surface area contributed by atoms with Crippen molar-refractivity contribution in [3.63, 3.8) is 0 Å². The molecule has 7 nitrogen and oxygen atoms in total. The minimum atomic E-state index is -0.103. The number of carbonyl (C=O) groups is 1. The molecule has 1 aromatic rings. The van der Waals surface area contributed by atoms with E-state index >= 15 is 0 Å². The van der Waals surface area contributed by atoms with Gasteiger partial charge < -0.3 is 24.3 Å². The lowest BCUT2D eigenvalue weighted by Gasteiger charge is -2.26. The fourth-order valence-electron chi connectivity index (χ4n) is 4.22. The first-order valence-corrected chi connectivity index (χ1v) is 10.2. The van der Waals surface area contributed by atoms with Gasteiger partial charge in [0.2, 0.25) is 5.76 Å². The molecular formula is C20H34N4O3. The van der Waals surface area contributed by atoms with Crippen LogP contribution in [0.3, 0.4) is 0 Å². The SMILES string of the molecule is CC(C)Cc1cc(C(=O)N2C[C@@H](CN3CCCN(C)CC3)[C@@H](CO)C2)on1. The molecule has 2 atom stereocenters. The summed E-state index contributed by atoms with van der Waals surface area (Å²) in [5, 5.41) is 13.9. The molecular weight excluding hydrogens is 344 g/mol. The van der Waals surface area contributed by atoms with Gasteiger partial charge in [-0.05, 0) is 44.8 Å². The van der Waals surface area contributed by atoms with Crippen molar-refractivity contribution in [1.82, 2.24) is 19.9 Å². The first-order valence-electron chi connectivity index (χ1n) is 10.2. The van der Waals surface area contributed by atoms with Crippen molar-refractivity contribution in [2.75, 3.05) is 59.5 Å². The molecule has 27 heavy (non-hydrogen) atoms. The molecule has 0 saturated carbocycles. The fourth-order valence-corrected chi connectivity index (χ4v) is 4.22. The van der Waals surface area contributed by atoms with E-state index in [0.717, 1.165) is 44.8 Å². The van der Waals surface area contributed by atoms with E-state index in [1.165, 1.54) is 6.42 Å². The summed E-state index contributed by atoms with van der Waals surface area (Å²) in [4.78, 5) is 19.5. The summed E-state index contributed by atoms with van der Waals surface area (Å²) in [6.45, 7) is 10.9. The Morgan fingerprint density at radius 3 is 2.78 bits per heavy atom. The van der Waals surface area contributed by atoms with Crippen LogP contribution < -0.4 is 0 Å². The minimum absolute atomic E-state index is 0.103. The number of amides is 1. The number of likely N-dealkylation sites (N-methyl/N-ethyl adjacent to an activating group) is 1. The summed E-state index contributed by atoms with van der Waals surface area (Å²) >= 11 is 0. The molecule has 0 unspecified atom stereocenters. The summed E-state index contributed by atoms with van der Waals surface area (Å²) in [5.41, 5.74) is 0.830. The van der Waals surface area contributed by atoms with Crippen LogP contribution >= 0.6 is 0 Å². The third kappa shape index (κ3) is 5.30. The standard InChI is InChI=1S/C20H34N4O3/c1-15(2)9-18-10-19(27-21-18)20(26)24-12-16(17(13-24)14-25)11-23-6-4-5-22(3)7-8-23/h10,15-17,25H,4-9,11-14H2,1-3H3/t16-,17-/m1/s1. The summed E-state index contributed by atoms with van der Waals surface area (Å²) in [5.74, 6) is 1.13. The van der Waals surface area contributed by atoms with Crippen molar-refractivity contribution < 1.29 is 14.4 Å². The van der Waals surface area contributed by atoms with Crippen molar-refractivity contribution in [3.05, 3.63) is 17.5 Å². The van der Waals surface area contributed by atoms with Gasteiger partial charge in [0.05, 0.1) is 5.69 Å². The lowest BCUT2D eigenvalue weighted by molar-refractivity contribution is 0.0737. The van der Waals surface area contributed by atoms with Gasteiger partial charge in [0.1, 0.15) is 0 Å². The molecule has 0 aromatic carbocycles. The van der Waals surface area contributed by atoms with E-state index in [9.17, 15) is 9.90 Å². The van der Waals surface area contributed by atoms with E-state index in [-0.39, 0.29) is 18.4 Å². The van der Waals surface area contributed by atoms with Crippen LogP contribution in [0.5, 0.6) is 0 Å². The van der Waals surface area contributed by atoms with Crippen LogP contribution in [0.25, 0.3) is 0 Å². The van der Waals surface area contributed by atoms with Crippen LogP contribution in [0.2, 0.25) is 0 Å². The highest BCUT2D eigenvalue weighted by Crippen LogP contribution is 2.26. The quantitative estimate of drug-likeness (QED) is 0.802. The lowest BCUT2D eigenvalue weighted by Crippen LogP contribution is -2.36. The molecule has 0 spiro atoms. The van der Waals surface area contributed by atoms with Crippen LogP contribution in [0, 0.1) is 17.8 Å². The molecule has 3 rings (SSSR count). The van der Waals surface area contributed by atoms with Gasteiger partial charge in [0.15, 0.2) is 0 Å². The molecule has 0 radical (unpaired) electrons. The van der Waals surface area contributed by atoms with Crippen molar-refractivity contribution in [2.24, 2.45) is 17.8 Å². The van der Waals surface area contributed by atoms with E-state index < -0.39 is 0 Å². The number of hydrogen-bond donors (Lipinski definition) is 1. The monoisotopic (exact) mass is 378 g/mol. The maximum atomic E-state index is 12.8. The van der Waals surface area contributed by atoms with Gasteiger partial charge in [-0.2, -0.15) is 0 Å². The molecule has 0 bridgehead atoms. The molecule has 3 heterocycles. The van der Waals surface area contributed by atoms with E-state index in [2.05, 4.69) is 35.9 Å². The zero-order valence-electron chi connectivity index (χ0n) is 16.9. The minimum Gasteiger partial charge on any atom is -0.396 e. The molecule has 1 amide bonds. The predicted octanol–water partition coefficient (Wildman–Crippen LogP) is 1.19. The number of nitrogens with zero attached hydrogens (tertiary/aromatic N) is 4. The van der Waals surface area contributed by atoms with E-state index in [4.69, 9.17) is 4.52 Å². The largest absolute Gasteiger partial charge is 0.396 e. The molecule has 7 heteroatoms. The summed E-state index contributed by atoms with van der Waals surface area (Å²) in [7, 11) is 2.17. The predicted molar refractivity (Wildman–Crippen MR) is 104 cm³/mol. The highest BCUT2D eigenvalue weighted by atomic mass is 16.5. The maximum absolute atomic E-state index is 12.8. The van der Waals surface area contributed by atoms with E-state index in [1.54, 1.807) is 6.07 Å². The normalized spacial score (nSPS) is 25.3. The second-order valence-corrected chi connectivity index (χ2v) is 8.65. The summed E-state index contributed by atoms with van der Waals surface area (Å²) in [6, 6.07) is 1.77. The number of rotatable bonds is 6. The zero-order chi connectivity index (χ0) is 19.4. The van der Waals surface area contributed by atoms with Gasteiger partial charge in [0, 0.05) is 51.3 Å². The van der Waals surface area contributed by atoms with Crippen molar-refractivity contribution in [1.29, 1.82) is 0 Å². The summed E-state index contributed by atoms with van der Waals surface area (Å²) < 4.78 is 5.30. The average molecular weight is 379 g/mol. The maximum Gasteiger partial charge on any atom is 0.292 e. The van der Waals surface area contributed by atoms with E-state index in [0.29, 0.717) is 30.7 Å². The number of hydrogen-bond acceptors (Lipinski definition) is 6.